The Labute approximate surface area is 111 Å². The monoisotopic (exact) mass is 269 g/mol. The van der Waals surface area contributed by atoms with Crippen molar-refractivity contribution in [2.75, 3.05) is 13.2 Å². The van der Waals surface area contributed by atoms with Gasteiger partial charge in [-0.2, -0.15) is 0 Å². The number of nitrogens with one attached hydrogen (secondary N) is 2. The van der Waals surface area contributed by atoms with E-state index in [1.54, 1.807) is 0 Å². The van der Waals surface area contributed by atoms with Gasteiger partial charge in [0.2, 0.25) is 0 Å². The number of aromatic carboxylic acids is 1. The molecule has 7 nitrogen and oxygen atoms in total. The van der Waals surface area contributed by atoms with Gasteiger partial charge < -0.3 is 20.1 Å². The van der Waals surface area contributed by atoms with Gasteiger partial charge in [-0.25, -0.2) is 9.78 Å². The lowest BCUT2D eigenvalue weighted by atomic mass is 10.1. The standard InChI is InChI=1S/C12H19N3O4/c1-4-19-5-8(7(2)3)15-11(16)9-10(12(17)18)14-6-13-9/h6-8H,4-5H2,1-3H3,(H,13,14)(H,15,16)(H,17,18). The van der Waals surface area contributed by atoms with Crippen molar-refractivity contribution in [1.29, 1.82) is 0 Å². The molecular weight excluding hydrogens is 250 g/mol. The van der Waals surface area contributed by atoms with E-state index in [1.807, 2.05) is 20.8 Å². The maximum atomic E-state index is 12.0. The number of nitrogens with zero attached hydrogens (tertiary/aromatic N) is 1. The number of carboxylic acids is 1. The summed E-state index contributed by atoms with van der Waals surface area (Å²) in [5.41, 5.74) is -0.328. The van der Waals surface area contributed by atoms with Gasteiger partial charge in [-0.3, -0.25) is 4.79 Å². The molecule has 1 unspecified atom stereocenters. The van der Waals surface area contributed by atoms with Crippen LogP contribution in [-0.4, -0.2) is 46.2 Å². The average molecular weight is 269 g/mol. The lowest BCUT2D eigenvalue weighted by Crippen LogP contribution is -2.42. The Bertz CT molecular complexity index is 442. The van der Waals surface area contributed by atoms with Crippen LogP contribution < -0.4 is 5.32 Å². The summed E-state index contributed by atoms with van der Waals surface area (Å²) in [6.45, 7) is 6.71. The molecule has 0 aromatic carbocycles. The van der Waals surface area contributed by atoms with Gasteiger partial charge in [-0.1, -0.05) is 13.8 Å². The van der Waals surface area contributed by atoms with Crippen molar-refractivity contribution in [2.24, 2.45) is 5.92 Å². The predicted octanol–water partition coefficient (Wildman–Crippen LogP) is 0.899. The number of hydrogen-bond acceptors (Lipinski definition) is 4. The third-order valence-corrected chi connectivity index (χ3v) is 2.69. The number of hydrogen-bond donors (Lipinski definition) is 3. The van der Waals surface area contributed by atoms with Gasteiger partial charge >= 0.3 is 5.97 Å². The summed E-state index contributed by atoms with van der Waals surface area (Å²) < 4.78 is 5.29. The molecule has 0 aliphatic rings. The summed E-state index contributed by atoms with van der Waals surface area (Å²) >= 11 is 0. The van der Waals surface area contributed by atoms with Crippen LogP contribution >= 0.6 is 0 Å². The summed E-state index contributed by atoms with van der Waals surface area (Å²) in [7, 11) is 0. The van der Waals surface area contributed by atoms with E-state index >= 15 is 0 Å². The molecule has 1 heterocycles. The normalized spacial score (nSPS) is 12.4. The number of aromatic amines is 1. The summed E-state index contributed by atoms with van der Waals surface area (Å²) in [5, 5.41) is 11.7. The summed E-state index contributed by atoms with van der Waals surface area (Å²) in [6.07, 6.45) is 1.19. The predicted molar refractivity (Wildman–Crippen MR) is 68.1 cm³/mol. The minimum atomic E-state index is -1.21. The molecule has 0 radical (unpaired) electrons. The summed E-state index contributed by atoms with van der Waals surface area (Å²) in [4.78, 5) is 29.1. The van der Waals surface area contributed by atoms with E-state index in [1.165, 1.54) is 6.33 Å². The summed E-state index contributed by atoms with van der Waals surface area (Å²) in [5.74, 6) is -1.56. The third-order valence-electron chi connectivity index (χ3n) is 2.69. The van der Waals surface area contributed by atoms with Crippen molar-refractivity contribution < 1.29 is 19.4 Å². The lowest BCUT2D eigenvalue weighted by molar-refractivity contribution is 0.0680. The van der Waals surface area contributed by atoms with Gasteiger partial charge in [0.05, 0.1) is 19.0 Å². The second-order valence-corrected chi connectivity index (χ2v) is 4.41. The van der Waals surface area contributed by atoms with Crippen LogP contribution in [0.4, 0.5) is 0 Å². The first kappa shape index (κ1) is 15.2. The fourth-order valence-electron chi connectivity index (χ4n) is 1.51. The molecule has 0 spiro atoms. The molecule has 3 N–H and O–H groups in total. The second kappa shape index (κ2) is 6.89. The van der Waals surface area contributed by atoms with Crippen molar-refractivity contribution in [1.82, 2.24) is 15.3 Å². The molecule has 0 fully saturated rings. The van der Waals surface area contributed by atoms with Gasteiger partial charge in [-0.15, -0.1) is 0 Å². The minimum Gasteiger partial charge on any atom is -0.477 e. The Hall–Kier alpha value is -1.89. The maximum absolute atomic E-state index is 12.0. The highest BCUT2D eigenvalue weighted by Gasteiger charge is 2.23. The van der Waals surface area contributed by atoms with Crippen molar-refractivity contribution >= 4 is 11.9 Å². The Morgan fingerprint density at radius 1 is 1.53 bits per heavy atom. The van der Waals surface area contributed by atoms with Gasteiger partial charge in [0.15, 0.2) is 11.4 Å². The van der Waals surface area contributed by atoms with Crippen LogP contribution in [-0.2, 0) is 4.74 Å². The molecule has 1 amide bonds. The largest absolute Gasteiger partial charge is 0.477 e. The minimum absolute atomic E-state index is 0.116. The average Bonchev–Trinajstić information content (AvgIpc) is 2.83. The Morgan fingerprint density at radius 3 is 2.74 bits per heavy atom. The van der Waals surface area contributed by atoms with E-state index in [-0.39, 0.29) is 23.3 Å². The molecular formula is C12H19N3O4. The highest BCUT2D eigenvalue weighted by molar-refractivity contribution is 6.02. The number of imidazole rings is 1. The zero-order valence-electron chi connectivity index (χ0n) is 11.3. The molecule has 0 saturated heterocycles. The second-order valence-electron chi connectivity index (χ2n) is 4.41. The highest BCUT2D eigenvalue weighted by atomic mass is 16.5. The molecule has 1 aromatic rings. The zero-order valence-corrected chi connectivity index (χ0v) is 11.3. The van der Waals surface area contributed by atoms with Crippen LogP contribution in [0.1, 0.15) is 41.7 Å². The van der Waals surface area contributed by atoms with Gasteiger partial charge in [-0.05, 0) is 12.8 Å². The first-order valence-electron chi connectivity index (χ1n) is 6.12. The molecule has 1 rings (SSSR count). The number of amides is 1. The van der Waals surface area contributed by atoms with Crippen molar-refractivity contribution in [3.8, 4) is 0 Å². The molecule has 19 heavy (non-hydrogen) atoms. The Kier molecular flexibility index (Phi) is 5.50. The molecule has 7 heteroatoms. The molecule has 0 bridgehead atoms. The molecule has 0 saturated carbocycles. The molecule has 106 valence electrons. The molecule has 1 atom stereocenters. The number of carboxylic acid groups (broad SMARTS) is 1. The third kappa shape index (κ3) is 4.06. The van der Waals surface area contributed by atoms with Gasteiger partial charge in [0, 0.05) is 6.61 Å². The first-order valence-corrected chi connectivity index (χ1v) is 6.12. The number of H-pyrrole nitrogens is 1. The number of carbonyl (C=O) groups is 2. The van der Waals surface area contributed by atoms with E-state index in [9.17, 15) is 9.59 Å². The number of aromatic nitrogens is 2. The number of carbonyl (C=O) groups excluding carboxylic acids is 1. The fourth-order valence-corrected chi connectivity index (χ4v) is 1.51. The van der Waals surface area contributed by atoms with Crippen LogP contribution in [0.3, 0.4) is 0 Å². The molecule has 1 aromatic heterocycles. The quantitative estimate of drug-likeness (QED) is 0.682. The Morgan fingerprint density at radius 2 is 2.21 bits per heavy atom. The van der Waals surface area contributed by atoms with Gasteiger partial charge in [0.1, 0.15) is 0 Å². The number of rotatable bonds is 7. The van der Waals surface area contributed by atoms with Crippen LogP contribution in [0, 0.1) is 5.92 Å². The van der Waals surface area contributed by atoms with Crippen LogP contribution in [0.25, 0.3) is 0 Å². The van der Waals surface area contributed by atoms with Crippen molar-refractivity contribution in [3.63, 3.8) is 0 Å². The van der Waals surface area contributed by atoms with E-state index in [2.05, 4.69) is 15.3 Å². The topological polar surface area (TPSA) is 104 Å². The molecule has 0 aliphatic heterocycles. The fraction of sp³-hybridized carbons (Fsp3) is 0.583. The van der Waals surface area contributed by atoms with Crippen molar-refractivity contribution in [3.05, 3.63) is 17.7 Å². The van der Waals surface area contributed by atoms with E-state index in [0.29, 0.717) is 13.2 Å². The summed E-state index contributed by atoms with van der Waals surface area (Å²) in [6, 6.07) is -0.189. The van der Waals surface area contributed by atoms with E-state index in [4.69, 9.17) is 9.84 Å². The van der Waals surface area contributed by atoms with Gasteiger partial charge in [0.25, 0.3) is 5.91 Å². The van der Waals surface area contributed by atoms with E-state index < -0.39 is 11.9 Å². The number of ether oxygens (including phenoxy) is 1. The highest BCUT2D eigenvalue weighted by Crippen LogP contribution is 2.07. The van der Waals surface area contributed by atoms with Crippen LogP contribution in [0.2, 0.25) is 0 Å². The van der Waals surface area contributed by atoms with E-state index in [0.717, 1.165) is 0 Å². The van der Waals surface area contributed by atoms with Crippen molar-refractivity contribution in [2.45, 2.75) is 26.8 Å². The smallest absolute Gasteiger partial charge is 0.354 e. The Balaban J connectivity index is 2.76. The molecule has 0 aliphatic carbocycles. The SMILES string of the molecule is CCOCC(NC(=O)c1nc[nH]c1C(=O)O)C(C)C. The van der Waals surface area contributed by atoms with Crippen LogP contribution in [0.5, 0.6) is 0 Å². The first-order chi connectivity index (χ1) is 8.97. The maximum Gasteiger partial charge on any atom is 0.354 e. The zero-order chi connectivity index (χ0) is 14.4. The lowest BCUT2D eigenvalue weighted by Gasteiger charge is -2.21. The van der Waals surface area contributed by atoms with Crippen LogP contribution in [0.15, 0.2) is 6.33 Å².